The van der Waals surface area contributed by atoms with Gasteiger partial charge in [0.25, 0.3) is 5.91 Å². The molecule has 2 aliphatic rings. The van der Waals surface area contributed by atoms with Gasteiger partial charge < -0.3 is 14.7 Å². The van der Waals surface area contributed by atoms with E-state index in [1.807, 2.05) is 7.05 Å². The molecule has 2 fully saturated rings. The van der Waals surface area contributed by atoms with Crippen LogP contribution in [0, 0.1) is 0 Å². The fraction of sp³-hybridized carbons (Fsp3) is 0.556. The number of benzene rings is 1. The molecule has 2 amide bonds. The van der Waals surface area contributed by atoms with E-state index in [0.29, 0.717) is 31.7 Å². The molecule has 0 saturated carbocycles. The van der Waals surface area contributed by atoms with Crippen LogP contribution in [0.15, 0.2) is 29.2 Å². The number of likely N-dealkylation sites (N-methyl/N-ethyl adjacent to an activating group) is 1. The van der Waals surface area contributed by atoms with Crippen LogP contribution >= 0.6 is 0 Å². The normalized spacial score (nSPS) is 19.9. The first-order valence-corrected chi connectivity index (χ1v) is 10.6. The molecule has 2 heterocycles. The lowest BCUT2D eigenvalue weighted by atomic mass is 10.2. The SMILES string of the molecule is CC(=O)N1CCN(S(=O)(=O)c2cccc(C(=O)N3CCN(C)CC3)c2)CC1. The van der Waals surface area contributed by atoms with Crippen LogP contribution < -0.4 is 0 Å². The first-order chi connectivity index (χ1) is 12.8. The molecule has 1 aromatic rings. The number of sulfonamides is 1. The quantitative estimate of drug-likeness (QED) is 0.717. The number of carbonyl (C=O) groups excluding carboxylic acids is 2. The van der Waals surface area contributed by atoms with Crippen molar-refractivity contribution >= 4 is 21.8 Å². The van der Waals surface area contributed by atoms with E-state index in [1.165, 1.54) is 23.4 Å². The van der Waals surface area contributed by atoms with Gasteiger partial charge in [0.05, 0.1) is 4.90 Å². The molecule has 2 saturated heterocycles. The van der Waals surface area contributed by atoms with Crippen molar-refractivity contribution in [3.8, 4) is 0 Å². The summed E-state index contributed by atoms with van der Waals surface area (Å²) in [6, 6.07) is 6.26. The average molecular weight is 394 g/mol. The Morgan fingerprint density at radius 1 is 0.889 bits per heavy atom. The molecule has 0 radical (unpaired) electrons. The summed E-state index contributed by atoms with van der Waals surface area (Å²) in [5.41, 5.74) is 0.392. The summed E-state index contributed by atoms with van der Waals surface area (Å²) in [5.74, 6) is -0.187. The molecule has 2 aliphatic heterocycles. The van der Waals surface area contributed by atoms with Gasteiger partial charge in [-0.1, -0.05) is 6.07 Å². The molecule has 0 bridgehead atoms. The lowest BCUT2D eigenvalue weighted by Gasteiger charge is -2.33. The van der Waals surface area contributed by atoms with Crippen molar-refractivity contribution in [1.82, 2.24) is 19.0 Å². The third kappa shape index (κ3) is 4.31. The van der Waals surface area contributed by atoms with Gasteiger partial charge in [-0.3, -0.25) is 9.59 Å². The van der Waals surface area contributed by atoms with Crippen LogP contribution in [0.5, 0.6) is 0 Å². The highest BCUT2D eigenvalue weighted by molar-refractivity contribution is 7.89. The van der Waals surface area contributed by atoms with Crippen molar-refractivity contribution in [2.24, 2.45) is 0 Å². The van der Waals surface area contributed by atoms with Crippen LogP contribution in [0.25, 0.3) is 0 Å². The highest BCUT2D eigenvalue weighted by Crippen LogP contribution is 2.20. The zero-order valence-electron chi connectivity index (χ0n) is 15.8. The molecule has 0 aliphatic carbocycles. The van der Waals surface area contributed by atoms with Crippen LogP contribution in [0.3, 0.4) is 0 Å². The van der Waals surface area contributed by atoms with Gasteiger partial charge in [-0.25, -0.2) is 8.42 Å². The minimum absolute atomic E-state index is 0.0492. The first-order valence-electron chi connectivity index (χ1n) is 9.12. The maximum absolute atomic E-state index is 12.9. The van der Waals surface area contributed by atoms with E-state index in [9.17, 15) is 18.0 Å². The van der Waals surface area contributed by atoms with Crippen molar-refractivity contribution < 1.29 is 18.0 Å². The number of amides is 2. The van der Waals surface area contributed by atoms with E-state index in [2.05, 4.69) is 4.90 Å². The number of hydrogen-bond acceptors (Lipinski definition) is 5. The van der Waals surface area contributed by atoms with Gasteiger partial charge in [0, 0.05) is 64.8 Å². The molecule has 0 unspecified atom stereocenters. The molecule has 8 nitrogen and oxygen atoms in total. The Morgan fingerprint density at radius 2 is 1.48 bits per heavy atom. The summed E-state index contributed by atoms with van der Waals surface area (Å²) in [5, 5.41) is 0. The number of carbonyl (C=O) groups is 2. The monoisotopic (exact) mass is 394 g/mol. The lowest BCUT2D eigenvalue weighted by Crippen LogP contribution is -2.50. The van der Waals surface area contributed by atoms with E-state index >= 15 is 0 Å². The smallest absolute Gasteiger partial charge is 0.253 e. The zero-order valence-corrected chi connectivity index (χ0v) is 16.6. The number of nitrogens with zero attached hydrogens (tertiary/aromatic N) is 4. The van der Waals surface area contributed by atoms with Crippen LogP contribution in [0.2, 0.25) is 0 Å². The summed E-state index contributed by atoms with van der Waals surface area (Å²) >= 11 is 0. The highest BCUT2D eigenvalue weighted by atomic mass is 32.2. The van der Waals surface area contributed by atoms with Crippen LogP contribution in [-0.4, -0.2) is 98.6 Å². The second kappa shape index (κ2) is 7.95. The highest BCUT2D eigenvalue weighted by Gasteiger charge is 2.30. The molecule has 0 spiro atoms. The van der Waals surface area contributed by atoms with Gasteiger partial charge in [0.15, 0.2) is 0 Å². The second-order valence-corrected chi connectivity index (χ2v) is 8.97. The van der Waals surface area contributed by atoms with Crippen molar-refractivity contribution in [3.63, 3.8) is 0 Å². The van der Waals surface area contributed by atoms with E-state index in [-0.39, 0.29) is 29.8 Å². The Hall–Kier alpha value is -1.97. The molecule has 9 heteroatoms. The van der Waals surface area contributed by atoms with Gasteiger partial charge in [-0.05, 0) is 25.2 Å². The molecule has 1 aromatic carbocycles. The molecular weight excluding hydrogens is 368 g/mol. The minimum atomic E-state index is -3.69. The molecule has 3 rings (SSSR count). The van der Waals surface area contributed by atoms with E-state index in [0.717, 1.165) is 13.1 Å². The largest absolute Gasteiger partial charge is 0.340 e. The van der Waals surface area contributed by atoms with Gasteiger partial charge >= 0.3 is 0 Å². The Bertz CT molecular complexity index is 810. The first kappa shape index (κ1) is 19.8. The van der Waals surface area contributed by atoms with Crippen molar-refractivity contribution in [2.45, 2.75) is 11.8 Å². The van der Waals surface area contributed by atoms with E-state index in [1.54, 1.807) is 21.9 Å². The topological polar surface area (TPSA) is 81.2 Å². The number of hydrogen-bond donors (Lipinski definition) is 0. The molecular formula is C18H26N4O4S. The Labute approximate surface area is 160 Å². The molecule has 0 N–H and O–H groups in total. The second-order valence-electron chi connectivity index (χ2n) is 7.03. The van der Waals surface area contributed by atoms with Gasteiger partial charge in [0.1, 0.15) is 0 Å². The Balaban J connectivity index is 1.74. The Morgan fingerprint density at radius 3 is 2.07 bits per heavy atom. The Kier molecular flexibility index (Phi) is 5.83. The predicted octanol–water partition coefficient (Wildman–Crippen LogP) is -0.0730. The fourth-order valence-corrected chi connectivity index (χ4v) is 4.84. The van der Waals surface area contributed by atoms with Crippen molar-refractivity contribution in [3.05, 3.63) is 29.8 Å². The van der Waals surface area contributed by atoms with Crippen LogP contribution in [0.1, 0.15) is 17.3 Å². The van der Waals surface area contributed by atoms with Crippen LogP contribution in [-0.2, 0) is 14.8 Å². The fourth-order valence-electron chi connectivity index (χ4n) is 3.37. The maximum atomic E-state index is 12.9. The van der Waals surface area contributed by atoms with Crippen LogP contribution in [0.4, 0.5) is 0 Å². The van der Waals surface area contributed by atoms with Gasteiger partial charge in [-0.2, -0.15) is 4.31 Å². The molecule has 0 aromatic heterocycles. The summed E-state index contributed by atoms with van der Waals surface area (Å²) < 4.78 is 27.3. The maximum Gasteiger partial charge on any atom is 0.253 e. The summed E-state index contributed by atoms with van der Waals surface area (Å²) in [6.45, 7) is 5.67. The summed E-state index contributed by atoms with van der Waals surface area (Å²) in [7, 11) is -1.68. The zero-order chi connectivity index (χ0) is 19.6. The molecule has 27 heavy (non-hydrogen) atoms. The third-order valence-corrected chi connectivity index (χ3v) is 7.09. The molecule has 148 valence electrons. The third-order valence-electron chi connectivity index (χ3n) is 5.19. The number of piperazine rings is 2. The molecule has 0 atom stereocenters. The van der Waals surface area contributed by atoms with Gasteiger partial charge in [-0.15, -0.1) is 0 Å². The van der Waals surface area contributed by atoms with Crippen molar-refractivity contribution in [2.75, 3.05) is 59.4 Å². The lowest BCUT2D eigenvalue weighted by molar-refractivity contribution is -0.129. The van der Waals surface area contributed by atoms with Gasteiger partial charge in [0.2, 0.25) is 15.9 Å². The number of rotatable bonds is 3. The van der Waals surface area contributed by atoms with E-state index in [4.69, 9.17) is 0 Å². The predicted molar refractivity (Wildman–Crippen MR) is 101 cm³/mol. The van der Waals surface area contributed by atoms with E-state index < -0.39 is 10.0 Å². The standard InChI is InChI=1S/C18H26N4O4S/c1-15(23)20-10-12-22(13-11-20)27(25,26)17-5-3-4-16(14-17)18(24)21-8-6-19(2)7-9-21/h3-5,14H,6-13H2,1-2H3. The summed E-state index contributed by atoms with van der Waals surface area (Å²) in [6.07, 6.45) is 0. The average Bonchev–Trinajstić information content (AvgIpc) is 2.68. The summed E-state index contributed by atoms with van der Waals surface area (Å²) in [4.78, 5) is 29.8. The van der Waals surface area contributed by atoms with Crippen molar-refractivity contribution in [1.29, 1.82) is 0 Å². The minimum Gasteiger partial charge on any atom is -0.340 e.